The van der Waals surface area contributed by atoms with Gasteiger partial charge in [-0.05, 0) is 59.7 Å². The standard InChI is InChI=1S/C20H14Cl3F7N2O2.C17H10Cl3F7N2O/c1-2-15(33)31-8-10-4-3-9(5-12(10)21)17(34)32-16-13(22)6-11(7-14(16)23)18(24,19(25,26)27)20(28,29)30;18-10-3-7(1-2-8(10)6-28)14(30)29-13-11(19)4-9(5-12(13)20)15(21,16(22,23)24)17(25,26)27/h3-7H,2,8H2,1H3,(H,31,33)(H,32,34);1-5H,6,28H2,(H,29,30). The van der Waals surface area contributed by atoms with Gasteiger partial charge < -0.3 is 21.7 Å². The van der Waals surface area contributed by atoms with E-state index in [9.17, 15) is 75.8 Å². The van der Waals surface area contributed by atoms with E-state index in [4.69, 9.17) is 75.3 Å². The van der Waals surface area contributed by atoms with Crippen molar-refractivity contribution in [1.29, 1.82) is 0 Å². The number of anilines is 2. The Morgan fingerprint density at radius 3 is 1.08 bits per heavy atom. The highest BCUT2D eigenvalue weighted by atomic mass is 35.5. The number of halogens is 20. The number of carbonyl (C=O) groups excluding carboxylic acids is 3. The molecular formula is C37H24Cl6F14N4O3. The molecule has 0 fully saturated rings. The quantitative estimate of drug-likeness (QED) is 0.119. The maximum Gasteiger partial charge on any atom is 0.435 e. The van der Waals surface area contributed by atoms with E-state index in [0.717, 1.165) is 0 Å². The maximum atomic E-state index is 14.3. The number of alkyl halides is 14. The van der Waals surface area contributed by atoms with Gasteiger partial charge in [0.15, 0.2) is 0 Å². The molecule has 4 rings (SSSR count). The van der Waals surface area contributed by atoms with Gasteiger partial charge >= 0.3 is 36.0 Å². The van der Waals surface area contributed by atoms with Crippen LogP contribution in [0, 0.1) is 0 Å². The molecule has 7 nitrogen and oxygen atoms in total. The first-order chi connectivity index (χ1) is 29.2. The minimum atomic E-state index is -6.36. The third-order valence-corrected chi connectivity index (χ3v) is 10.5. The largest absolute Gasteiger partial charge is 0.435 e. The van der Waals surface area contributed by atoms with Crippen molar-refractivity contribution in [1.82, 2.24) is 5.32 Å². The maximum absolute atomic E-state index is 14.3. The summed E-state index contributed by atoms with van der Waals surface area (Å²) in [5.41, 5.74) is -9.98. The van der Waals surface area contributed by atoms with Crippen LogP contribution in [0.4, 0.5) is 72.8 Å². The lowest BCUT2D eigenvalue weighted by Crippen LogP contribution is -2.50. The van der Waals surface area contributed by atoms with Gasteiger partial charge in [0.2, 0.25) is 5.91 Å². The summed E-state index contributed by atoms with van der Waals surface area (Å²) >= 11 is 34.9. The van der Waals surface area contributed by atoms with Crippen LogP contribution >= 0.6 is 69.6 Å². The van der Waals surface area contributed by atoms with Crippen molar-refractivity contribution in [2.24, 2.45) is 5.73 Å². The second-order valence-electron chi connectivity index (χ2n) is 12.8. The Hall–Kier alpha value is -3.99. The molecule has 4 aromatic carbocycles. The number of hydrogen-bond acceptors (Lipinski definition) is 4. The average molecular weight is 1050 g/mol. The van der Waals surface area contributed by atoms with E-state index >= 15 is 0 Å². The van der Waals surface area contributed by atoms with Crippen molar-refractivity contribution in [3.63, 3.8) is 0 Å². The van der Waals surface area contributed by atoms with Gasteiger partial charge in [0.25, 0.3) is 11.8 Å². The average Bonchev–Trinajstić information content (AvgIpc) is 3.17. The molecule has 27 heteroatoms. The number of hydrogen-bond donors (Lipinski definition) is 4. The monoisotopic (exact) mass is 1050 g/mol. The fourth-order valence-electron chi connectivity index (χ4n) is 5.14. The zero-order chi connectivity index (χ0) is 49.1. The van der Waals surface area contributed by atoms with Gasteiger partial charge in [-0.15, -0.1) is 0 Å². The summed E-state index contributed by atoms with van der Waals surface area (Å²) in [4.78, 5) is 36.2. The van der Waals surface area contributed by atoms with E-state index in [1.54, 1.807) is 6.92 Å². The number of amides is 3. The van der Waals surface area contributed by atoms with E-state index in [2.05, 4.69) is 16.0 Å². The summed E-state index contributed by atoms with van der Waals surface area (Å²) in [6, 6.07) is 8.26. The minimum absolute atomic E-state index is 0.0289. The number of carbonyl (C=O) groups is 3. The van der Waals surface area contributed by atoms with Crippen LogP contribution in [0.25, 0.3) is 0 Å². The highest BCUT2D eigenvalue weighted by Crippen LogP contribution is 2.56. The number of nitrogens with one attached hydrogen (secondary N) is 3. The van der Waals surface area contributed by atoms with Crippen molar-refractivity contribution >= 4 is 98.7 Å². The van der Waals surface area contributed by atoms with Crippen LogP contribution in [0.1, 0.15) is 56.3 Å². The molecule has 0 saturated carbocycles. The Morgan fingerprint density at radius 1 is 0.500 bits per heavy atom. The van der Waals surface area contributed by atoms with Crippen LogP contribution in [0.3, 0.4) is 0 Å². The predicted octanol–water partition coefficient (Wildman–Crippen LogP) is 13.9. The van der Waals surface area contributed by atoms with Crippen LogP contribution in [-0.2, 0) is 29.2 Å². The number of benzene rings is 4. The summed E-state index contributed by atoms with van der Waals surface area (Å²) in [7, 11) is 0. The van der Waals surface area contributed by atoms with Crippen LogP contribution in [-0.4, -0.2) is 42.4 Å². The van der Waals surface area contributed by atoms with Gasteiger partial charge in [-0.2, -0.15) is 52.7 Å². The Kier molecular flexibility index (Phi) is 17.2. The normalized spacial score (nSPS) is 12.6. The van der Waals surface area contributed by atoms with Gasteiger partial charge in [-0.3, -0.25) is 14.4 Å². The van der Waals surface area contributed by atoms with Crippen molar-refractivity contribution in [2.45, 2.75) is 62.5 Å². The molecule has 3 amide bonds. The molecule has 0 saturated heterocycles. The molecule has 0 aliphatic carbocycles. The predicted molar refractivity (Wildman–Crippen MR) is 212 cm³/mol. The fourth-order valence-corrected chi connectivity index (χ4v) is 6.80. The Balaban J connectivity index is 0.000000343. The van der Waals surface area contributed by atoms with Crippen molar-refractivity contribution < 1.29 is 75.8 Å². The molecule has 0 aromatic heterocycles. The van der Waals surface area contributed by atoms with Gasteiger partial charge in [-0.1, -0.05) is 88.7 Å². The van der Waals surface area contributed by atoms with Gasteiger partial charge in [0.1, 0.15) is 0 Å². The highest BCUT2D eigenvalue weighted by molar-refractivity contribution is 6.41. The zero-order valence-corrected chi connectivity index (χ0v) is 35.8. The van der Waals surface area contributed by atoms with Gasteiger partial charge in [0, 0.05) is 51.8 Å². The summed E-state index contributed by atoms with van der Waals surface area (Å²) in [6.45, 7) is 1.81. The molecule has 350 valence electrons. The molecule has 64 heavy (non-hydrogen) atoms. The van der Waals surface area contributed by atoms with E-state index in [-0.39, 0.29) is 70.9 Å². The number of nitrogens with two attached hydrogens (primary N) is 1. The first kappa shape index (κ1) is 54.3. The lowest BCUT2D eigenvalue weighted by atomic mass is 9.94. The van der Waals surface area contributed by atoms with Crippen molar-refractivity contribution in [2.75, 3.05) is 10.6 Å². The summed E-state index contributed by atoms with van der Waals surface area (Å²) < 4.78 is 184. The molecule has 0 aliphatic heterocycles. The summed E-state index contributed by atoms with van der Waals surface area (Å²) in [5, 5.41) is 3.69. The van der Waals surface area contributed by atoms with Crippen LogP contribution < -0.4 is 21.7 Å². The molecular weight excluding hydrogens is 1030 g/mol. The van der Waals surface area contributed by atoms with E-state index in [1.165, 1.54) is 36.4 Å². The topological polar surface area (TPSA) is 113 Å². The van der Waals surface area contributed by atoms with E-state index < -0.39 is 90.4 Å². The number of rotatable bonds is 10. The molecule has 0 radical (unpaired) electrons. The SMILES string of the molecule is CCC(=O)NCc1ccc(C(=O)Nc2c(Cl)cc(C(F)(C(F)(F)F)C(F)(F)F)cc2Cl)cc1Cl.NCc1ccc(C(=O)Nc2c(Cl)cc(C(F)(C(F)(F)F)C(F)(F)F)cc2Cl)cc1Cl. The smallest absolute Gasteiger partial charge is 0.352 e. The van der Waals surface area contributed by atoms with Crippen LogP contribution in [0.2, 0.25) is 30.1 Å². The molecule has 0 aliphatic rings. The lowest BCUT2D eigenvalue weighted by molar-refractivity contribution is -0.349. The minimum Gasteiger partial charge on any atom is -0.352 e. The molecule has 5 N–H and O–H groups in total. The van der Waals surface area contributed by atoms with Crippen molar-refractivity contribution in [3.05, 3.63) is 124 Å². The molecule has 0 spiro atoms. The molecule has 4 aromatic rings. The fraction of sp³-hybridized carbons (Fsp3) is 0.270. The lowest BCUT2D eigenvalue weighted by Gasteiger charge is -2.30. The second-order valence-corrected chi connectivity index (χ2v) is 15.2. The van der Waals surface area contributed by atoms with Gasteiger partial charge in [0.05, 0.1) is 31.5 Å². The van der Waals surface area contributed by atoms with Gasteiger partial charge in [-0.25, -0.2) is 8.78 Å². The van der Waals surface area contributed by atoms with E-state index in [1.807, 2.05) is 0 Å². The molecule has 0 bridgehead atoms. The third kappa shape index (κ3) is 11.7. The molecule has 0 unspecified atom stereocenters. The summed E-state index contributed by atoms with van der Waals surface area (Å²) in [6.07, 6.45) is -25.2. The first-order valence-corrected chi connectivity index (χ1v) is 19.2. The zero-order valence-electron chi connectivity index (χ0n) is 31.3. The van der Waals surface area contributed by atoms with Crippen LogP contribution in [0.15, 0.2) is 60.7 Å². The molecule has 0 atom stereocenters. The Morgan fingerprint density at radius 2 is 0.812 bits per heavy atom. The van der Waals surface area contributed by atoms with Crippen LogP contribution in [0.5, 0.6) is 0 Å². The third-order valence-electron chi connectivity index (χ3n) is 8.57. The second kappa shape index (κ2) is 20.3. The van der Waals surface area contributed by atoms with Crippen molar-refractivity contribution in [3.8, 4) is 0 Å². The Bertz CT molecular complexity index is 2340. The first-order valence-electron chi connectivity index (χ1n) is 17.0. The molecule has 0 heterocycles. The Labute approximate surface area is 381 Å². The summed E-state index contributed by atoms with van der Waals surface area (Å²) in [5.74, 6) is -2.03. The van der Waals surface area contributed by atoms with E-state index in [0.29, 0.717) is 11.1 Å². The highest BCUT2D eigenvalue weighted by Gasteiger charge is 2.74.